The van der Waals surface area contributed by atoms with Gasteiger partial charge in [-0.25, -0.2) is 4.39 Å². The molecule has 0 aliphatic carbocycles. The van der Waals surface area contributed by atoms with Crippen molar-refractivity contribution in [1.82, 2.24) is 5.32 Å². The Morgan fingerprint density at radius 1 is 1.20 bits per heavy atom. The number of rotatable bonds is 2. The molecule has 1 aliphatic rings. The average Bonchev–Trinajstić information content (AvgIpc) is 2.91. The Bertz CT molecular complexity index is 880. The van der Waals surface area contributed by atoms with Crippen molar-refractivity contribution in [3.05, 3.63) is 69.8 Å². The molecule has 2 aromatic carbocycles. The Kier molecular flexibility index (Phi) is 5.47. The van der Waals surface area contributed by atoms with Gasteiger partial charge < -0.3 is 10.6 Å². The molecule has 8 heteroatoms. The van der Waals surface area contributed by atoms with Gasteiger partial charge in [0, 0.05) is 10.7 Å². The van der Waals surface area contributed by atoms with Gasteiger partial charge in [0.1, 0.15) is 5.82 Å². The van der Waals surface area contributed by atoms with E-state index >= 15 is 0 Å². The molecule has 0 unspecified atom stereocenters. The fourth-order valence-electron chi connectivity index (χ4n) is 1.97. The summed E-state index contributed by atoms with van der Waals surface area (Å²) in [5.74, 6) is -0.582. The second-order valence-electron chi connectivity index (χ2n) is 4.97. The van der Waals surface area contributed by atoms with Gasteiger partial charge in [0.25, 0.3) is 5.91 Å². The van der Waals surface area contributed by atoms with Crippen molar-refractivity contribution in [2.24, 2.45) is 4.99 Å². The fraction of sp³-hybridized carbons (Fsp3) is 0. The molecular formula is C17H11ClFN3OS2. The van der Waals surface area contributed by atoms with E-state index in [4.69, 9.17) is 23.8 Å². The highest BCUT2D eigenvalue weighted by Crippen LogP contribution is 2.26. The number of halogens is 2. The second-order valence-corrected chi connectivity index (χ2v) is 6.82. The quantitative estimate of drug-likeness (QED) is 0.587. The highest BCUT2D eigenvalue weighted by Gasteiger charge is 2.24. The van der Waals surface area contributed by atoms with Crippen molar-refractivity contribution >= 4 is 63.5 Å². The number of hydrogen-bond donors (Lipinski definition) is 2. The summed E-state index contributed by atoms with van der Waals surface area (Å²) in [5.41, 5.74) is 1.47. The molecule has 0 bridgehead atoms. The number of thiocarbonyl (C=S) groups is 1. The van der Waals surface area contributed by atoms with Crippen molar-refractivity contribution in [3.8, 4) is 0 Å². The summed E-state index contributed by atoms with van der Waals surface area (Å²) in [5, 5.41) is 6.69. The highest BCUT2D eigenvalue weighted by molar-refractivity contribution is 8.18. The van der Waals surface area contributed by atoms with Crippen LogP contribution in [0.3, 0.4) is 0 Å². The van der Waals surface area contributed by atoms with E-state index in [-0.39, 0.29) is 16.8 Å². The van der Waals surface area contributed by atoms with Crippen molar-refractivity contribution in [3.63, 3.8) is 0 Å². The summed E-state index contributed by atoms with van der Waals surface area (Å²) < 4.78 is 12.9. The molecule has 4 nitrogen and oxygen atoms in total. The zero-order chi connectivity index (χ0) is 17.8. The lowest BCUT2D eigenvalue weighted by Gasteiger charge is -2.03. The minimum Gasteiger partial charge on any atom is -0.331 e. The van der Waals surface area contributed by atoms with Crippen LogP contribution in [-0.4, -0.2) is 16.2 Å². The van der Waals surface area contributed by atoms with Crippen LogP contribution in [0.4, 0.5) is 10.1 Å². The van der Waals surface area contributed by atoms with Gasteiger partial charge in [-0.05, 0) is 72.0 Å². The van der Waals surface area contributed by atoms with E-state index < -0.39 is 0 Å². The number of amidine groups is 1. The van der Waals surface area contributed by atoms with Crippen molar-refractivity contribution in [1.29, 1.82) is 0 Å². The van der Waals surface area contributed by atoms with Crippen LogP contribution in [0, 0.1) is 5.82 Å². The van der Waals surface area contributed by atoms with E-state index in [0.29, 0.717) is 20.8 Å². The number of benzene rings is 2. The van der Waals surface area contributed by atoms with Crippen LogP contribution in [0.15, 0.2) is 58.4 Å². The average molecular weight is 392 g/mol. The maximum Gasteiger partial charge on any atom is 0.264 e. The molecule has 1 saturated heterocycles. The van der Waals surface area contributed by atoms with Crippen LogP contribution in [0.25, 0.3) is 6.08 Å². The number of nitrogens with zero attached hydrogens (tertiary/aromatic N) is 1. The molecular weight excluding hydrogens is 381 g/mol. The molecule has 2 N–H and O–H groups in total. The molecule has 0 atom stereocenters. The third kappa shape index (κ3) is 4.88. The van der Waals surface area contributed by atoms with Gasteiger partial charge in [0.15, 0.2) is 10.3 Å². The van der Waals surface area contributed by atoms with E-state index in [1.165, 1.54) is 23.9 Å². The minimum absolute atomic E-state index is 0.169. The summed E-state index contributed by atoms with van der Waals surface area (Å²) in [4.78, 5) is 16.7. The number of thioether (sulfide) groups is 1. The monoisotopic (exact) mass is 391 g/mol. The van der Waals surface area contributed by atoms with Crippen LogP contribution >= 0.6 is 35.6 Å². The molecule has 25 heavy (non-hydrogen) atoms. The Morgan fingerprint density at radius 3 is 2.56 bits per heavy atom. The topological polar surface area (TPSA) is 53.5 Å². The first-order chi connectivity index (χ1) is 12.0. The SMILES string of the molecule is O=C1N/C(=N\C(=S)Nc2ccc(F)cc2)S/C1=C/c1ccc(Cl)cc1. The number of anilines is 1. The van der Waals surface area contributed by atoms with Gasteiger partial charge in [0.2, 0.25) is 0 Å². The number of carbonyl (C=O) groups excluding carboxylic acids is 1. The van der Waals surface area contributed by atoms with Crippen LogP contribution < -0.4 is 10.6 Å². The number of amides is 1. The van der Waals surface area contributed by atoms with Crippen molar-refractivity contribution in [2.75, 3.05) is 5.32 Å². The van der Waals surface area contributed by atoms with Crippen molar-refractivity contribution in [2.45, 2.75) is 0 Å². The lowest BCUT2D eigenvalue weighted by atomic mass is 10.2. The first-order valence-corrected chi connectivity index (χ1v) is 8.71. The standard InChI is InChI=1S/C17H11ClFN3OS2/c18-11-3-1-10(2-4-11)9-14-15(23)21-17(25-14)22-16(24)20-13-7-5-12(19)6-8-13/h1-9H,(H2,20,21,22,23,24)/b14-9+. The van der Waals surface area contributed by atoms with Gasteiger partial charge in [-0.3, -0.25) is 4.79 Å². The Balaban J connectivity index is 1.68. The molecule has 0 aromatic heterocycles. The molecule has 3 rings (SSSR count). The predicted octanol–water partition coefficient (Wildman–Crippen LogP) is 4.44. The van der Waals surface area contributed by atoms with Crippen molar-refractivity contribution < 1.29 is 9.18 Å². The maximum absolute atomic E-state index is 12.9. The zero-order valence-corrected chi connectivity index (χ0v) is 15.0. The summed E-state index contributed by atoms with van der Waals surface area (Å²) in [6, 6.07) is 12.9. The molecule has 0 spiro atoms. The molecule has 1 fully saturated rings. The fourth-order valence-corrected chi connectivity index (χ4v) is 3.19. The third-order valence-corrected chi connectivity index (χ3v) is 4.47. The van der Waals surface area contributed by atoms with Gasteiger partial charge in [0.05, 0.1) is 4.91 Å². The number of carbonyl (C=O) groups is 1. The third-order valence-electron chi connectivity index (χ3n) is 3.12. The van der Waals surface area contributed by atoms with Gasteiger partial charge in [-0.15, -0.1) is 0 Å². The first kappa shape index (κ1) is 17.6. The van der Waals surface area contributed by atoms with Gasteiger partial charge >= 0.3 is 0 Å². The maximum atomic E-state index is 12.9. The Hall–Kier alpha value is -2.22. The zero-order valence-electron chi connectivity index (χ0n) is 12.6. The van der Waals surface area contributed by atoms with Crippen LogP contribution in [0.5, 0.6) is 0 Å². The number of aliphatic imine (C=N–C) groups is 1. The molecule has 126 valence electrons. The largest absolute Gasteiger partial charge is 0.331 e. The molecule has 0 radical (unpaired) electrons. The Morgan fingerprint density at radius 2 is 1.88 bits per heavy atom. The van der Waals surface area contributed by atoms with E-state index in [2.05, 4.69) is 15.6 Å². The van der Waals surface area contributed by atoms with E-state index in [1.807, 2.05) is 12.1 Å². The van der Waals surface area contributed by atoms with E-state index in [1.54, 1.807) is 30.3 Å². The predicted molar refractivity (Wildman–Crippen MR) is 105 cm³/mol. The normalized spacial score (nSPS) is 17.0. The smallest absolute Gasteiger partial charge is 0.264 e. The van der Waals surface area contributed by atoms with Crippen LogP contribution in [0.1, 0.15) is 5.56 Å². The van der Waals surface area contributed by atoms with E-state index in [0.717, 1.165) is 5.56 Å². The van der Waals surface area contributed by atoms with Gasteiger partial charge in [-0.2, -0.15) is 4.99 Å². The molecule has 0 saturated carbocycles. The number of hydrogen-bond acceptors (Lipinski definition) is 3. The second kappa shape index (κ2) is 7.77. The lowest BCUT2D eigenvalue weighted by Crippen LogP contribution is -2.21. The minimum atomic E-state index is -0.335. The molecule has 1 heterocycles. The molecule has 2 aromatic rings. The molecule has 1 amide bonds. The summed E-state index contributed by atoms with van der Waals surface area (Å²) >= 11 is 12.2. The van der Waals surface area contributed by atoms with Crippen LogP contribution in [0.2, 0.25) is 5.02 Å². The summed E-state index contributed by atoms with van der Waals surface area (Å²) in [7, 11) is 0. The first-order valence-electron chi connectivity index (χ1n) is 7.11. The highest BCUT2D eigenvalue weighted by atomic mass is 35.5. The van der Waals surface area contributed by atoms with Crippen LogP contribution in [-0.2, 0) is 4.79 Å². The molecule has 1 aliphatic heterocycles. The Labute approximate surface area is 158 Å². The van der Waals surface area contributed by atoms with E-state index in [9.17, 15) is 9.18 Å². The summed E-state index contributed by atoms with van der Waals surface area (Å²) in [6.45, 7) is 0. The number of nitrogens with one attached hydrogen (secondary N) is 2. The summed E-state index contributed by atoms with van der Waals surface area (Å²) in [6.07, 6.45) is 1.75. The van der Waals surface area contributed by atoms with Gasteiger partial charge in [-0.1, -0.05) is 23.7 Å². The lowest BCUT2D eigenvalue weighted by molar-refractivity contribution is -0.115.